The Balaban J connectivity index is 1.71. The highest BCUT2D eigenvalue weighted by Gasteiger charge is 2.15. The lowest BCUT2D eigenvalue weighted by Gasteiger charge is -2.26. The monoisotopic (exact) mass is 248 g/mol. The van der Waals surface area contributed by atoms with Crippen LogP contribution in [0.1, 0.15) is 18.4 Å². The third-order valence-corrected chi connectivity index (χ3v) is 3.20. The average molecular weight is 248 g/mol. The van der Waals surface area contributed by atoms with E-state index in [9.17, 15) is 4.79 Å². The van der Waals surface area contributed by atoms with Crippen LogP contribution in [0.4, 0.5) is 5.69 Å². The van der Waals surface area contributed by atoms with E-state index in [0.717, 1.165) is 31.6 Å². The van der Waals surface area contributed by atoms with Crippen LogP contribution < -0.4 is 5.73 Å². The van der Waals surface area contributed by atoms with E-state index in [2.05, 4.69) is 0 Å². The molecule has 1 heterocycles. The van der Waals surface area contributed by atoms with Gasteiger partial charge < -0.3 is 15.4 Å². The van der Waals surface area contributed by atoms with Crippen LogP contribution in [-0.4, -0.2) is 37.1 Å². The zero-order valence-electron chi connectivity index (χ0n) is 10.6. The first kappa shape index (κ1) is 12.9. The third-order valence-electron chi connectivity index (χ3n) is 3.20. The van der Waals surface area contributed by atoms with Gasteiger partial charge in [-0.05, 0) is 30.5 Å². The molecule has 2 N–H and O–H groups in total. The molecule has 4 heteroatoms. The molecule has 0 radical (unpaired) electrons. The summed E-state index contributed by atoms with van der Waals surface area (Å²) >= 11 is 0. The zero-order chi connectivity index (χ0) is 12.8. The maximum atomic E-state index is 11.9. The van der Waals surface area contributed by atoms with Crippen LogP contribution in [0, 0.1) is 0 Å². The first-order chi connectivity index (χ1) is 8.75. The molecule has 0 unspecified atom stereocenters. The Morgan fingerprint density at radius 2 is 1.89 bits per heavy atom. The summed E-state index contributed by atoms with van der Waals surface area (Å²) in [5.41, 5.74) is 7.64. The smallest absolute Gasteiger partial charge is 0.222 e. The molecule has 0 saturated carbocycles. The molecule has 0 bridgehead atoms. The van der Waals surface area contributed by atoms with Crippen LogP contribution in [-0.2, 0) is 16.0 Å². The molecule has 98 valence electrons. The fourth-order valence-corrected chi connectivity index (χ4v) is 2.10. The topological polar surface area (TPSA) is 55.6 Å². The average Bonchev–Trinajstić information content (AvgIpc) is 2.42. The Hall–Kier alpha value is -1.55. The first-order valence-electron chi connectivity index (χ1n) is 6.45. The summed E-state index contributed by atoms with van der Waals surface area (Å²) in [5, 5.41) is 0. The highest BCUT2D eigenvalue weighted by Crippen LogP contribution is 2.10. The molecule has 0 atom stereocenters. The van der Waals surface area contributed by atoms with Crippen LogP contribution in [0.3, 0.4) is 0 Å². The van der Waals surface area contributed by atoms with Gasteiger partial charge in [0, 0.05) is 25.2 Å². The van der Waals surface area contributed by atoms with Crippen LogP contribution >= 0.6 is 0 Å². The number of aryl methyl sites for hydroxylation is 1. The Morgan fingerprint density at radius 1 is 1.22 bits per heavy atom. The van der Waals surface area contributed by atoms with Gasteiger partial charge in [-0.1, -0.05) is 12.1 Å². The van der Waals surface area contributed by atoms with Crippen LogP contribution in [0.25, 0.3) is 0 Å². The van der Waals surface area contributed by atoms with Crippen molar-refractivity contribution < 1.29 is 9.53 Å². The number of nitrogens with zero attached hydrogens (tertiary/aromatic N) is 1. The number of amides is 1. The van der Waals surface area contributed by atoms with E-state index >= 15 is 0 Å². The molecule has 1 fully saturated rings. The second kappa shape index (κ2) is 6.40. The summed E-state index contributed by atoms with van der Waals surface area (Å²) in [5.74, 6) is 0.244. The zero-order valence-corrected chi connectivity index (χ0v) is 10.6. The lowest BCUT2D eigenvalue weighted by molar-refractivity contribution is -0.135. The highest BCUT2D eigenvalue weighted by molar-refractivity contribution is 5.76. The second-order valence-corrected chi connectivity index (χ2v) is 4.59. The van der Waals surface area contributed by atoms with Crippen molar-refractivity contribution in [3.63, 3.8) is 0 Å². The number of benzene rings is 1. The van der Waals surface area contributed by atoms with Crippen LogP contribution in [0.2, 0.25) is 0 Å². The molecule has 1 aliphatic heterocycles. The molecule has 0 aliphatic carbocycles. The first-order valence-corrected chi connectivity index (χ1v) is 6.45. The standard InChI is InChI=1S/C14H20N2O2/c15-13-6-4-12(5-7-13)2-1-3-14(17)16-8-10-18-11-9-16/h4-7H,1-3,8-11,15H2. The van der Waals surface area contributed by atoms with Crippen molar-refractivity contribution in [2.75, 3.05) is 32.0 Å². The fourth-order valence-electron chi connectivity index (χ4n) is 2.10. The molecule has 1 saturated heterocycles. The van der Waals surface area contributed by atoms with Gasteiger partial charge in [0.15, 0.2) is 0 Å². The number of morpholine rings is 1. The van der Waals surface area contributed by atoms with Gasteiger partial charge in [-0.2, -0.15) is 0 Å². The quantitative estimate of drug-likeness (QED) is 0.820. The number of nitrogens with two attached hydrogens (primary N) is 1. The van der Waals surface area contributed by atoms with E-state index in [-0.39, 0.29) is 5.91 Å². The number of ether oxygens (including phenoxy) is 1. The fraction of sp³-hybridized carbons (Fsp3) is 0.500. The molecule has 0 spiro atoms. The molecular weight excluding hydrogens is 228 g/mol. The summed E-state index contributed by atoms with van der Waals surface area (Å²) in [6, 6.07) is 7.85. The van der Waals surface area contributed by atoms with E-state index in [1.165, 1.54) is 5.56 Å². The summed E-state index contributed by atoms with van der Waals surface area (Å²) < 4.78 is 5.23. The van der Waals surface area contributed by atoms with Gasteiger partial charge in [0.2, 0.25) is 5.91 Å². The summed E-state index contributed by atoms with van der Waals surface area (Å²) in [4.78, 5) is 13.8. The number of hydrogen-bond donors (Lipinski definition) is 1. The molecule has 1 amide bonds. The number of rotatable bonds is 4. The Labute approximate surface area is 108 Å². The van der Waals surface area contributed by atoms with Crippen molar-refractivity contribution >= 4 is 11.6 Å². The number of carbonyl (C=O) groups excluding carboxylic acids is 1. The second-order valence-electron chi connectivity index (χ2n) is 4.59. The van der Waals surface area contributed by atoms with Crippen molar-refractivity contribution in [1.29, 1.82) is 0 Å². The van der Waals surface area contributed by atoms with Gasteiger partial charge in [-0.25, -0.2) is 0 Å². The van der Waals surface area contributed by atoms with Gasteiger partial charge in [0.05, 0.1) is 13.2 Å². The van der Waals surface area contributed by atoms with Crippen molar-refractivity contribution in [3.8, 4) is 0 Å². The number of carbonyl (C=O) groups is 1. The minimum atomic E-state index is 0.244. The number of nitrogen functional groups attached to an aromatic ring is 1. The summed E-state index contributed by atoms with van der Waals surface area (Å²) in [7, 11) is 0. The molecule has 4 nitrogen and oxygen atoms in total. The maximum absolute atomic E-state index is 11.9. The molecule has 1 aromatic rings. The normalized spacial score (nSPS) is 15.7. The van der Waals surface area contributed by atoms with Gasteiger partial charge in [-0.3, -0.25) is 4.79 Å². The molecule has 2 rings (SSSR count). The predicted molar refractivity (Wildman–Crippen MR) is 71.2 cm³/mol. The largest absolute Gasteiger partial charge is 0.399 e. The van der Waals surface area contributed by atoms with E-state index in [0.29, 0.717) is 19.6 Å². The molecule has 1 aromatic carbocycles. The van der Waals surface area contributed by atoms with Gasteiger partial charge in [0.1, 0.15) is 0 Å². The minimum absolute atomic E-state index is 0.244. The van der Waals surface area contributed by atoms with Crippen LogP contribution in [0.5, 0.6) is 0 Å². The summed E-state index contributed by atoms with van der Waals surface area (Å²) in [6.45, 7) is 2.81. The van der Waals surface area contributed by atoms with E-state index in [1.54, 1.807) is 0 Å². The van der Waals surface area contributed by atoms with Crippen molar-refractivity contribution in [1.82, 2.24) is 4.90 Å². The van der Waals surface area contributed by atoms with E-state index in [1.807, 2.05) is 29.2 Å². The predicted octanol–water partition coefficient (Wildman–Crippen LogP) is 1.45. The lowest BCUT2D eigenvalue weighted by Crippen LogP contribution is -2.40. The van der Waals surface area contributed by atoms with E-state index in [4.69, 9.17) is 10.5 Å². The molecule has 18 heavy (non-hydrogen) atoms. The van der Waals surface area contributed by atoms with Gasteiger partial charge >= 0.3 is 0 Å². The van der Waals surface area contributed by atoms with E-state index < -0.39 is 0 Å². The molecule has 0 aromatic heterocycles. The Morgan fingerprint density at radius 3 is 2.56 bits per heavy atom. The minimum Gasteiger partial charge on any atom is -0.399 e. The van der Waals surface area contributed by atoms with Crippen molar-refractivity contribution in [3.05, 3.63) is 29.8 Å². The Bertz CT molecular complexity index is 383. The van der Waals surface area contributed by atoms with Gasteiger partial charge in [-0.15, -0.1) is 0 Å². The van der Waals surface area contributed by atoms with Crippen molar-refractivity contribution in [2.24, 2.45) is 0 Å². The van der Waals surface area contributed by atoms with Gasteiger partial charge in [0.25, 0.3) is 0 Å². The lowest BCUT2D eigenvalue weighted by atomic mass is 10.1. The molecule has 1 aliphatic rings. The third kappa shape index (κ3) is 3.74. The Kier molecular flexibility index (Phi) is 4.59. The van der Waals surface area contributed by atoms with Crippen molar-refractivity contribution in [2.45, 2.75) is 19.3 Å². The number of anilines is 1. The van der Waals surface area contributed by atoms with Crippen LogP contribution in [0.15, 0.2) is 24.3 Å². The highest BCUT2D eigenvalue weighted by atomic mass is 16.5. The summed E-state index contributed by atoms with van der Waals surface area (Å²) in [6.07, 6.45) is 2.43. The SMILES string of the molecule is Nc1ccc(CCCC(=O)N2CCOCC2)cc1. The molecular formula is C14H20N2O2. The maximum Gasteiger partial charge on any atom is 0.222 e. The number of hydrogen-bond acceptors (Lipinski definition) is 3.